The third-order valence-corrected chi connectivity index (χ3v) is 3.85. The van der Waals surface area contributed by atoms with Gasteiger partial charge in [0.15, 0.2) is 0 Å². The lowest BCUT2D eigenvalue weighted by Crippen LogP contribution is -2.54. The van der Waals surface area contributed by atoms with E-state index in [1.165, 1.54) is 4.90 Å². The summed E-state index contributed by atoms with van der Waals surface area (Å²) in [6, 6.07) is 2.26. The first-order valence-electron chi connectivity index (χ1n) is 6.47. The topological polar surface area (TPSA) is 61.2 Å². The molecule has 4 nitrogen and oxygen atoms in total. The molecule has 0 aromatic rings. The molecule has 2 amide bonds. The molecule has 0 N–H and O–H groups in total. The Hall–Kier alpha value is -1.37. The fourth-order valence-corrected chi connectivity index (χ4v) is 2.91. The predicted molar refractivity (Wildman–Crippen MR) is 61.8 cm³/mol. The molecule has 1 saturated carbocycles. The molecule has 0 unspecified atom stereocenters. The van der Waals surface area contributed by atoms with Crippen LogP contribution >= 0.6 is 0 Å². The van der Waals surface area contributed by atoms with E-state index < -0.39 is 5.54 Å². The van der Waals surface area contributed by atoms with Crippen molar-refractivity contribution in [2.75, 3.05) is 0 Å². The second-order valence-electron chi connectivity index (χ2n) is 5.03. The number of hydrogen-bond acceptors (Lipinski definition) is 3. The van der Waals surface area contributed by atoms with E-state index in [-0.39, 0.29) is 11.8 Å². The SMILES string of the molecule is N#CC1(N2C(=O)CCCCC2=O)CCCCC1. The van der Waals surface area contributed by atoms with Crippen molar-refractivity contribution >= 4 is 11.8 Å². The molecular weight excluding hydrogens is 216 g/mol. The fourth-order valence-electron chi connectivity index (χ4n) is 2.91. The Morgan fingerprint density at radius 1 is 0.941 bits per heavy atom. The minimum Gasteiger partial charge on any atom is -0.274 e. The summed E-state index contributed by atoms with van der Waals surface area (Å²) in [5.41, 5.74) is -0.837. The Balaban J connectivity index is 2.30. The van der Waals surface area contributed by atoms with Crippen molar-refractivity contribution in [1.29, 1.82) is 5.26 Å². The summed E-state index contributed by atoms with van der Waals surface area (Å²) < 4.78 is 0. The molecule has 1 aliphatic carbocycles. The Bertz CT molecular complexity index is 346. The molecule has 2 aliphatic rings. The highest BCUT2D eigenvalue weighted by Crippen LogP contribution is 2.35. The Labute approximate surface area is 102 Å². The van der Waals surface area contributed by atoms with Crippen LogP contribution in [0.1, 0.15) is 57.8 Å². The zero-order valence-electron chi connectivity index (χ0n) is 10.1. The number of rotatable bonds is 1. The van der Waals surface area contributed by atoms with Gasteiger partial charge in [-0.15, -0.1) is 0 Å². The highest BCUT2D eigenvalue weighted by Gasteiger charge is 2.44. The number of hydrogen-bond donors (Lipinski definition) is 0. The van der Waals surface area contributed by atoms with Crippen LogP contribution in [0.2, 0.25) is 0 Å². The maximum absolute atomic E-state index is 12.0. The van der Waals surface area contributed by atoms with E-state index in [1.807, 2.05) is 0 Å². The molecule has 0 atom stereocenters. The second kappa shape index (κ2) is 4.87. The number of nitriles is 1. The van der Waals surface area contributed by atoms with Gasteiger partial charge in [0.05, 0.1) is 6.07 Å². The maximum atomic E-state index is 12.0. The lowest BCUT2D eigenvalue weighted by Gasteiger charge is -2.39. The zero-order chi connectivity index (χ0) is 12.3. The van der Waals surface area contributed by atoms with Gasteiger partial charge in [-0.2, -0.15) is 5.26 Å². The van der Waals surface area contributed by atoms with Crippen molar-refractivity contribution in [3.8, 4) is 6.07 Å². The van der Waals surface area contributed by atoms with E-state index in [9.17, 15) is 14.9 Å². The first-order chi connectivity index (χ1) is 8.19. The minimum absolute atomic E-state index is 0.143. The molecule has 0 aromatic heterocycles. The number of carbonyl (C=O) groups is 2. The summed E-state index contributed by atoms with van der Waals surface area (Å²) in [7, 11) is 0. The van der Waals surface area contributed by atoms with Gasteiger partial charge in [0.1, 0.15) is 5.54 Å². The van der Waals surface area contributed by atoms with Crippen LogP contribution in [0.5, 0.6) is 0 Å². The Kier molecular flexibility index (Phi) is 3.46. The molecule has 1 heterocycles. The number of likely N-dealkylation sites (tertiary alicyclic amines) is 1. The quantitative estimate of drug-likeness (QED) is 0.653. The standard InChI is InChI=1S/C13H18N2O2/c14-10-13(8-4-1-5-9-13)15-11(16)6-2-3-7-12(15)17/h1-9H2. The zero-order valence-corrected chi connectivity index (χ0v) is 10.1. The minimum atomic E-state index is -0.837. The van der Waals surface area contributed by atoms with E-state index in [2.05, 4.69) is 6.07 Å². The molecular formula is C13H18N2O2. The smallest absolute Gasteiger partial charge is 0.230 e. The van der Waals surface area contributed by atoms with Crippen LogP contribution in [0.4, 0.5) is 0 Å². The maximum Gasteiger partial charge on any atom is 0.230 e. The van der Waals surface area contributed by atoms with Gasteiger partial charge in [0, 0.05) is 12.8 Å². The lowest BCUT2D eigenvalue weighted by molar-refractivity contribution is -0.150. The van der Waals surface area contributed by atoms with Crippen molar-refractivity contribution in [3.05, 3.63) is 0 Å². The van der Waals surface area contributed by atoms with Gasteiger partial charge < -0.3 is 0 Å². The van der Waals surface area contributed by atoms with Crippen molar-refractivity contribution in [3.63, 3.8) is 0 Å². The van der Waals surface area contributed by atoms with Crippen LogP contribution in [0.3, 0.4) is 0 Å². The van der Waals surface area contributed by atoms with E-state index in [0.717, 1.165) is 32.1 Å². The first-order valence-corrected chi connectivity index (χ1v) is 6.47. The number of carbonyl (C=O) groups excluding carboxylic acids is 2. The Morgan fingerprint density at radius 3 is 1.94 bits per heavy atom. The summed E-state index contributed by atoms with van der Waals surface area (Å²) in [6.45, 7) is 0. The summed E-state index contributed by atoms with van der Waals surface area (Å²) in [4.78, 5) is 25.4. The van der Waals surface area contributed by atoms with Crippen molar-refractivity contribution < 1.29 is 9.59 Å². The summed E-state index contributed by atoms with van der Waals surface area (Å²) in [6.07, 6.45) is 6.63. The number of nitrogens with zero attached hydrogens (tertiary/aromatic N) is 2. The van der Waals surface area contributed by atoms with E-state index in [4.69, 9.17) is 0 Å². The predicted octanol–water partition coefficient (Wildman–Crippen LogP) is 2.14. The summed E-state index contributed by atoms with van der Waals surface area (Å²) >= 11 is 0. The second-order valence-corrected chi connectivity index (χ2v) is 5.03. The normalized spacial score (nSPS) is 25.2. The molecule has 17 heavy (non-hydrogen) atoms. The van der Waals surface area contributed by atoms with Gasteiger partial charge in [-0.1, -0.05) is 19.3 Å². The first kappa shape index (κ1) is 12.1. The van der Waals surface area contributed by atoms with Gasteiger partial charge in [-0.25, -0.2) is 0 Å². The van der Waals surface area contributed by atoms with Crippen LogP contribution < -0.4 is 0 Å². The van der Waals surface area contributed by atoms with Gasteiger partial charge in [-0.05, 0) is 25.7 Å². The average Bonchev–Trinajstić information content (AvgIpc) is 2.52. The third kappa shape index (κ3) is 2.19. The van der Waals surface area contributed by atoms with E-state index in [0.29, 0.717) is 25.7 Å². The van der Waals surface area contributed by atoms with Crippen LogP contribution in [0.25, 0.3) is 0 Å². The molecule has 4 heteroatoms. The molecule has 2 fully saturated rings. The third-order valence-electron chi connectivity index (χ3n) is 3.85. The molecule has 0 radical (unpaired) electrons. The van der Waals surface area contributed by atoms with E-state index >= 15 is 0 Å². The van der Waals surface area contributed by atoms with Gasteiger partial charge in [-0.3, -0.25) is 14.5 Å². The summed E-state index contributed by atoms with van der Waals surface area (Å²) in [5.74, 6) is -0.285. The van der Waals surface area contributed by atoms with Crippen molar-refractivity contribution in [2.45, 2.75) is 63.3 Å². The number of imide groups is 1. The van der Waals surface area contributed by atoms with Gasteiger partial charge in [0.2, 0.25) is 11.8 Å². The highest BCUT2D eigenvalue weighted by atomic mass is 16.2. The molecule has 92 valence electrons. The molecule has 1 saturated heterocycles. The van der Waals surface area contributed by atoms with Crippen molar-refractivity contribution in [1.82, 2.24) is 4.90 Å². The van der Waals surface area contributed by atoms with Crippen LogP contribution in [-0.4, -0.2) is 22.3 Å². The largest absolute Gasteiger partial charge is 0.274 e. The van der Waals surface area contributed by atoms with Crippen LogP contribution in [0, 0.1) is 11.3 Å². The molecule has 0 bridgehead atoms. The summed E-state index contributed by atoms with van der Waals surface area (Å²) in [5, 5.41) is 9.43. The average molecular weight is 234 g/mol. The molecule has 0 spiro atoms. The Morgan fingerprint density at radius 2 is 1.47 bits per heavy atom. The van der Waals surface area contributed by atoms with Crippen molar-refractivity contribution in [2.24, 2.45) is 0 Å². The fraction of sp³-hybridized carbons (Fsp3) is 0.769. The molecule has 2 rings (SSSR count). The van der Waals surface area contributed by atoms with E-state index in [1.54, 1.807) is 0 Å². The molecule has 0 aromatic carbocycles. The van der Waals surface area contributed by atoms with Gasteiger partial charge in [0.25, 0.3) is 0 Å². The lowest BCUT2D eigenvalue weighted by atomic mass is 9.81. The van der Waals surface area contributed by atoms with Crippen LogP contribution in [-0.2, 0) is 9.59 Å². The van der Waals surface area contributed by atoms with Crippen LogP contribution in [0.15, 0.2) is 0 Å². The highest BCUT2D eigenvalue weighted by molar-refractivity contribution is 5.97. The molecule has 1 aliphatic heterocycles. The number of amides is 2. The monoisotopic (exact) mass is 234 g/mol. The van der Waals surface area contributed by atoms with Gasteiger partial charge >= 0.3 is 0 Å².